The molecule has 0 atom stereocenters. The van der Waals surface area contributed by atoms with E-state index in [9.17, 15) is 9.59 Å². The largest absolute Gasteiger partial charge is 0.461 e. The summed E-state index contributed by atoms with van der Waals surface area (Å²) in [6, 6.07) is 0. The molecule has 3 heterocycles. The van der Waals surface area contributed by atoms with Crippen molar-refractivity contribution < 1.29 is 14.3 Å². The summed E-state index contributed by atoms with van der Waals surface area (Å²) in [5, 5.41) is 2.70. The van der Waals surface area contributed by atoms with Crippen LogP contribution in [-0.4, -0.2) is 51.4 Å². The molecule has 1 amide bonds. The van der Waals surface area contributed by atoms with E-state index in [4.69, 9.17) is 4.74 Å². The Morgan fingerprint density at radius 2 is 2.24 bits per heavy atom. The molecule has 0 spiro atoms. The molecule has 0 aliphatic carbocycles. The molecule has 0 bridgehead atoms. The van der Waals surface area contributed by atoms with E-state index in [1.807, 2.05) is 4.90 Å². The Morgan fingerprint density at radius 3 is 2.92 bits per heavy atom. The molecule has 1 aliphatic heterocycles. The van der Waals surface area contributed by atoms with E-state index < -0.39 is 0 Å². The second-order valence-electron chi connectivity index (χ2n) is 5.73. The standard InChI is InChI=1S/C17H20N4O3S/c1-2-24-17(23)14-10-25-16(20-14)12-5-7-21(8-6-12)15(22)4-3-13-9-18-11-19-13/h3-4,9-12H,2,5-8H2,1H3,(H,18,19)/b4-3+. The first kappa shape index (κ1) is 17.3. The van der Waals surface area contributed by atoms with Crippen LogP contribution in [0.25, 0.3) is 6.08 Å². The van der Waals surface area contributed by atoms with Gasteiger partial charge < -0.3 is 14.6 Å². The number of rotatable bonds is 5. The molecule has 7 nitrogen and oxygen atoms in total. The number of ether oxygens (including phenoxy) is 1. The molecule has 0 radical (unpaired) electrons. The van der Waals surface area contributed by atoms with Gasteiger partial charge in [0.2, 0.25) is 5.91 Å². The first-order valence-electron chi connectivity index (χ1n) is 8.25. The Bertz CT molecular complexity index is 746. The number of thiazole rings is 1. The van der Waals surface area contributed by atoms with Crippen LogP contribution in [0.4, 0.5) is 0 Å². The predicted molar refractivity (Wildman–Crippen MR) is 94.2 cm³/mol. The second kappa shape index (κ2) is 8.06. The first-order valence-corrected chi connectivity index (χ1v) is 9.13. The maximum Gasteiger partial charge on any atom is 0.357 e. The highest BCUT2D eigenvalue weighted by molar-refractivity contribution is 7.09. The van der Waals surface area contributed by atoms with Crippen LogP contribution in [0.3, 0.4) is 0 Å². The molecular formula is C17H20N4O3S. The molecule has 1 N–H and O–H groups in total. The zero-order valence-electron chi connectivity index (χ0n) is 14.0. The fourth-order valence-electron chi connectivity index (χ4n) is 2.75. The van der Waals surface area contributed by atoms with Crippen molar-refractivity contribution in [2.45, 2.75) is 25.7 Å². The number of hydrogen-bond acceptors (Lipinski definition) is 6. The lowest BCUT2D eigenvalue weighted by atomic mass is 9.97. The van der Waals surface area contributed by atoms with Gasteiger partial charge in [-0.1, -0.05) is 0 Å². The molecule has 0 saturated carbocycles. The molecule has 1 aliphatic rings. The van der Waals surface area contributed by atoms with Gasteiger partial charge in [0.15, 0.2) is 5.69 Å². The third kappa shape index (κ3) is 4.33. The molecule has 3 rings (SSSR count). The highest BCUT2D eigenvalue weighted by atomic mass is 32.1. The van der Waals surface area contributed by atoms with Gasteiger partial charge in [-0.15, -0.1) is 11.3 Å². The molecular weight excluding hydrogens is 340 g/mol. The van der Waals surface area contributed by atoms with E-state index in [1.54, 1.807) is 37.0 Å². The fraction of sp³-hybridized carbons (Fsp3) is 0.412. The number of esters is 1. The summed E-state index contributed by atoms with van der Waals surface area (Å²) < 4.78 is 4.97. The van der Waals surface area contributed by atoms with Crippen molar-refractivity contribution in [2.75, 3.05) is 19.7 Å². The summed E-state index contributed by atoms with van der Waals surface area (Å²) in [7, 11) is 0. The lowest BCUT2D eigenvalue weighted by Crippen LogP contribution is -2.36. The number of likely N-dealkylation sites (tertiary alicyclic amines) is 1. The van der Waals surface area contributed by atoms with E-state index in [0.717, 1.165) is 23.5 Å². The van der Waals surface area contributed by atoms with E-state index in [0.29, 0.717) is 25.4 Å². The number of nitrogens with one attached hydrogen (secondary N) is 1. The number of piperidine rings is 1. The zero-order valence-corrected chi connectivity index (χ0v) is 14.8. The summed E-state index contributed by atoms with van der Waals surface area (Å²) in [6.45, 7) is 3.49. The number of aromatic nitrogens is 3. The highest BCUT2D eigenvalue weighted by Crippen LogP contribution is 2.30. The molecule has 2 aromatic heterocycles. The van der Waals surface area contributed by atoms with E-state index in [1.165, 1.54) is 11.3 Å². The predicted octanol–water partition coefficient (Wildman–Crippen LogP) is 2.46. The van der Waals surface area contributed by atoms with Gasteiger partial charge in [-0.3, -0.25) is 4.79 Å². The average molecular weight is 360 g/mol. The van der Waals surface area contributed by atoms with Gasteiger partial charge in [0.05, 0.1) is 29.8 Å². The Kier molecular flexibility index (Phi) is 5.60. The van der Waals surface area contributed by atoms with Crippen LogP contribution in [0.5, 0.6) is 0 Å². The third-order valence-corrected chi connectivity index (χ3v) is 5.09. The average Bonchev–Trinajstić information content (AvgIpc) is 3.32. The second-order valence-corrected chi connectivity index (χ2v) is 6.62. The first-order chi connectivity index (χ1) is 12.2. The van der Waals surface area contributed by atoms with Crippen molar-refractivity contribution in [3.05, 3.63) is 40.4 Å². The number of hydrogen-bond donors (Lipinski definition) is 1. The smallest absolute Gasteiger partial charge is 0.357 e. The van der Waals surface area contributed by atoms with Crippen molar-refractivity contribution in [1.82, 2.24) is 19.9 Å². The number of H-pyrrole nitrogens is 1. The van der Waals surface area contributed by atoms with Gasteiger partial charge in [0.25, 0.3) is 0 Å². The number of carbonyl (C=O) groups is 2. The Hall–Kier alpha value is -2.48. The monoisotopic (exact) mass is 360 g/mol. The van der Waals surface area contributed by atoms with Crippen LogP contribution in [-0.2, 0) is 9.53 Å². The molecule has 1 saturated heterocycles. The fourth-order valence-corrected chi connectivity index (χ4v) is 3.71. The summed E-state index contributed by atoms with van der Waals surface area (Å²) in [4.78, 5) is 37.0. The number of imidazole rings is 1. The summed E-state index contributed by atoms with van der Waals surface area (Å²) >= 11 is 1.49. The van der Waals surface area contributed by atoms with Crippen LogP contribution < -0.4 is 0 Å². The van der Waals surface area contributed by atoms with Gasteiger partial charge in [-0.05, 0) is 25.8 Å². The number of aromatic amines is 1. The maximum absolute atomic E-state index is 12.2. The molecule has 25 heavy (non-hydrogen) atoms. The third-order valence-electron chi connectivity index (χ3n) is 4.09. The van der Waals surface area contributed by atoms with E-state index in [2.05, 4.69) is 15.0 Å². The van der Waals surface area contributed by atoms with Gasteiger partial charge in [-0.2, -0.15) is 0 Å². The Morgan fingerprint density at radius 1 is 1.44 bits per heavy atom. The quantitative estimate of drug-likeness (QED) is 0.654. The maximum atomic E-state index is 12.2. The zero-order chi connectivity index (χ0) is 17.6. The SMILES string of the molecule is CCOC(=O)c1csc(C2CCN(C(=O)/C=C/c3cnc[nH]3)CC2)n1. The van der Waals surface area contributed by atoms with Crippen LogP contribution >= 0.6 is 11.3 Å². The topological polar surface area (TPSA) is 88.2 Å². The minimum Gasteiger partial charge on any atom is -0.461 e. The molecule has 0 unspecified atom stereocenters. The molecule has 1 fully saturated rings. The highest BCUT2D eigenvalue weighted by Gasteiger charge is 2.25. The lowest BCUT2D eigenvalue weighted by Gasteiger charge is -2.30. The molecule has 0 aromatic carbocycles. The van der Waals surface area contributed by atoms with Gasteiger partial charge in [0, 0.05) is 30.5 Å². The van der Waals surface area contributed by atoms with E-state index >= 15 is 0 Å². The molecule has 2 aromatic rings. The van der Waals surface area contributed by atoms with Gasteiger partial charge in [0.1, 0.15) is 0 Å². The summed E-state index contributed by atoms with van der Waals surface area (Å²) in [6.07, 6.45) is 8.23. The summed E-state index contributed by atoms with van der Waals surface area (Å²) in [5.74, 6) is -0.0882. The van der Waals surface area contributed by atoms with Crippen LogP contribution in [0.1, 0.15) is 46.9 Å². The summed E-state index contributed by atoms with van der Waals surface area (Å²) in [5.41, 5.74) is 1.18. The molecule has 132 valence electrons. The normalized spacial score (nSPS) is 15.6. The Balaban J connectivity index is 1.53. The number of carbonyl (C=O) groups excluding carboxylic acids is 2. The number of nitrogens with zero attached hydrogens (tertiary/aromatic N) is 3. The Labute approximate surface area is 149 Å². The van der Waals surface area contributed by atoms with Crippen LogP contribution in [0, 0.1) is 0 Å². The van der Waals surface area contributed by atoms with Crippen molar-refractivity contribution >= 4 is 29.3 Å². The number of amides is 1. The minimum atomic E-state index is -0.374. The lowest BCUT2D eigenvalue weighted by molar-refractivity contribution is -0.126. The minimum absolute atomic E-state index is 0.000554. The van der Waals surface area contributed by atoms with E-state index in [-0.39, 0.29) is 17.8 Å². The van der Waals surface area contributed by atoms with Crippen molar-refractivity contribution in [3.63, 3.8) is 0 Å². The van der Waals surface area contributed by atoms with Crippen LogP contribution in [0.15, 0.2) is 24.0 Å². The van der Waals surface area contributed by atoms with Crippen molar-refractivity contribution in [2.24, 2.45) is 0 Å². The van der Waals surface area contributed by atoms with Gasteiger partial charge in [-0.25, -0.2) is 14.8 Å². The van der Waals surface area contributed by atoms with Crippen LogP contribution in [0.2, 0.25) is 0 Å². The van der Waals surface area contributed by atoms with Crippen molar-refractivity contribution in [3.8, 4) is 0 Å². The van der Waals surface area contributed by atoms with Crippen molar-refractivity contribution in [1.29, 1.82) is 0 Å². The van der Waals surface area contributed by atoms with Gasteiger partial charge >= 0.3 is 5.97 Å². The molecule has 8 heteroatoms.